The number of rotatable bonds is 8. The van der Waals surface area contributed by atoms with E-state index in [4.69, 9.17) is 13.5 Å². The van der Waals surface area contributed by atoms with Crippen LogP contribution in [-0.4, -0.2) is 13.2 Å². The fourth-order valence-electron chi connectivity index (χ4n) is 2.11. The molecule has 0 bridgehead atoms. The minimum Gasteiger partial charge on any atom is -0.466 e. The van der Waals surface area contributed by atoms with E-state index in [9.17, 15) is 4.57 Å². The molecule has 0 fully saturated rings. The molecule has 6 heteroatoms. The van der Waals surface area contributed by atoms with Crippen LogP contribution < -0.4 is 5.32 Å². The van der Waals surface area contributed by atoms with Crippen LogP contribution in [0.25, 0.3) is 0 Å². The van der Waals surface area contributed by atoms with Gasteiger partial charge in [-0.2, -0.15) is 0 Å². The summed E-state index contributed by atoms with van der Waals surface area (Å²) < 4.78 is 29.5. The van der Waals surface area contributed by atoms with Crippen LogP contribution in [0.4, 0.5) is 5.69 Å². The summed E-state index contributed by atoms with van der Waals surface area (Å²) in [5.41, 5.74) is 1.98. The molecule has 120 valence electrons. The summed E-state index contributed by atoms with van der Waals surface area (Å²) in [6, 6.07) is 11.3. The predicted molar refractivity (Wildman–Crippen MR) is 87.1 cm³/mol. The van der Waals surface area contributed by atoms with Crippen molar-refractivity contribution in [2.45, 2.75) is 26.6 Å². The van der Waals surface area contributed by atoms with E-state index in [1.807, 2.05) is 31.2 Å². The molecule has 0 saturated carbocycles. The first-order chi connectivity index (χ1) is 10.6. The molecule has 0 radical (unpaired) electrons. The minimum atomic E-state index is -3.40. The standard InChI is InChI=1S/C16H22NO4P/c1-4-20-22(18,21-5-2)16(15-7-6-12-19-15)17-14-10-8-13(3)9-11-14/h6-12,16-17H,4-5H2,1-3H3. The van der Waals surface area contributed by atoms with Gasteiger partial charge in [0.2, 0.25) is 0 Å². The number of aryl methyl sites for hydroxylation is 1. The van der Waals surface area contributed by atoms with E-state index in [0.29, 0.717) is 19.0 Å². The van der Waals surface area contributed by atoms with Gasteiger partial charge in [0.1, 0.15) is 5.76 Å². The van der Waals surface area contributed by atoms with Gasteiger partial charge in [0.25, 0.3) is 0 Å². The van der Waals surface area contributed by atoms with Crippen LogP contribution >= 0.6 is 7.60 Å². The second kappa shape index (κ2) is 7.63. The largest absolute Gasteiger partial charge is 0.466 e. The second-order valence-corrected chi connectivity index (χ2v) is 6.92. The SMILES string of the molecule is CCOP(=O)(OCC)C(Nc1ccc(C)cc1)c1ccco1. The normalized spacial score (nSPS) is 13.0. The van der Waals surface area contributed by atoms with Crippen LogP contribution in [0.1, 0.15) is 31.0 Å². The van der Waals surface area contributed by atoms with Gasteiger partial charge >= 0.3 is 7.60 Å². The molecule has 0 saturated heterocycles. The summed E-state index contributed by atoms with van der Waals surface area (Å²) in [7, 11) is -3.40. The third-order valence-electron chi connectivity index (χ3n) is 3.10. The summed E-state index contributed by atoms with van der Waals surface area (Å²) >= 11 is 0. The quantitative estimate of drug-likeness (QED) is 0.695. The molecule has 1 aromatic carbocycles. The highest BCUT2D eigenvalue weighted by molar-refractivity contribution is 7.54. The topological polar surface area (TPSA) is 60.7 Å². The van der Waals surface area contributed by atoms with Crippen molar-refractivity contribution in [3.63, 3.8) is 0 Å². The molecule has 1 unspecified atom stereocenters. The van der Waals surface area contributed by atoms with Crippen molar-refractivity contribution >= 4 is 13.3 Å². The molecule has 1 aromatic heterocycles. The summed E-state index contributed by atoms with van der Waals surface area (Å²) in [4.78, 5) is 0. The van der Waals surface area contributed by atoms with Gasteiger partial charge in [0.15, 0.2) is 5.78 Å². The first-order valence-corrected chi connectivity index (χ1v) is 8.95. The molecule has 1 N–H and O–H groups in total. The zero-order chi connectivity index (χ0) is 16.0. The number of hydrogen-bond donors (Lipinski definition) is 1. The molecule has 0 amide bonds. The zero-order valence-corrected chi connectivity index (χ0v) is 14.0. The van der Waals surface area contributed by atoms with Crippen molar-refractivity contribution in [3.8, 4) is 0 Å². The van der Waals surface area contributed by atoms with Crippen LogP contribution in [-0.2, 0) is 13.6 Å². The van der Waals surface area contributed by atoms with Crippen molar-refractivity contribution in [1.29, 1.82) is 0 Å². The highest BCUT2D eigenvalue weighted by Gasteiger charge is 2.39. The molecule has 1 heterocycles. The molecule has 2 rings (SSSR count). The average Bonchev–Trinajstić information content (AvgIpc) is 3.01. The maximum Gasteiger partial charge on any atom is 0.360 e. The summed E-state index contributed by atoms with van der Waals surface area (Å²) in [6.45, 7) is 6.18. The number of benzene rings is 1. The first-order valence-electron chi connectivity index (χ1n) is 7.34. The van der Waals surface area contributed by atoms with Gasteiger partial charge < -0.3 is 18.8 Å². The molecular weight excluding hydrogens is 301 g/mol. The third kappa shape index (κ3) is 4.01. The van der Waals surface area contributed by atoms with Crippen molar-refractivity contribution in [2.75, 3.05) is 18.5 Å². The molecular formula is C16H22NO4P. The number of nitrogens with one attached hydrogen (secondary N) is 1. The van der Waals surface area contributed by atoms with Crippen LogP contribution in [0, 0.1) is 6.92 Å². The lowest BCUT2D eigenvalue weighted by Gasteiger charge is -2.26. The first kappa shape index (κ1) is 16.8. The highest BCUT2D eigenvalue weighted by Crippen LogP contribution is 2.60. The van der Waals surface area contributed by atoms with Gasteiger partial charge in [-0.1, -0.05) is 17.7 Å². The zero-order valence-electron chi connectivity index (χ0n) is 13.1. The van der Waals surface area contributed by atoms with E-state index in [1.165, 1.54) is 0 Å². The lowest BCUT2D eigenvalue weighted by atomic mass is 10.2. The Morgan fingerprint density at radius 2 is 1.77 bits per heavy atom. The van der Waals surface area contributed by atoms with Crippen molar-refractivity contribution in [2.24, 2.45) is 0 Å². The molecule has 0 aliphatic rings. The van der Waals surface area contributed by atoms with E-state index in [-0.39, 0.29) is 0 Å². The van der Waals surface area contributed by atoms with Gasteiger partial charge in [0, 0.05) is 5.69 Å². The van der Waals surface area contributed by atoms with E-state index >= 15 is 0 Å². The molecule has 0 spiro atoms. The maximum absolute atomic E-state index is 13.1. The number of furan rings is 1. The van der Waals surface area contributed by atoms with Gasteiger partial charge in [-0.15, -0.1) is 0 Å². The summed E-state index contributed by atoms with van der Waals surface area (Å²) in [6.07, 6.45) is 1.54. The fraction of sp³-hybridized carbons (Fsp3) is 0.375. The van der Waals surface area contributed by atoms with Gasteiger partial charge in [-0.3, -0.25) is 4.57 Å². The Balaban J connectivity index is 2.33. The van der Waals surface area contributed by atoms with Gasteiger partial charge in [0.05, 0.1) is 19.5 Å². The number of anilines is 1. The van der Waals surface area contributed by atoms with Crippen LogP contribution in [0.3, 0.4) is 0 Å². The maximum atomic E-state index is 13.1. The lowest BCUT2D eigenvalue weighted by Crippen LogP contribution is -2.14. The van der Waals surface area contributed by atoms with E-state index in [0.717, 1.165) is 11.3 Å². The number of hydrogen-bond acceptors (Lipinski definition) is 5. The molecule has 2 aromatic rings. The average molecular weight is 323 g/mol. The Morgan fingerprint density at radius 3 is 2.27 bits per heavy atom. The second-order valence-electron chi connectivity index (χ2n) is 4.80. The Kier molecular flexibility index (Phi) is 5.83. The lowest BCUT2D eigenvalue weighted by molar-refractivity contribution is 0.211. The van der Waals surface area contributed by atoms with E-state index in [1.54, 1.807) is 32.2 Å². The Labute approximate surface area is 131 Å². The molecule has 1 atom stereocenters. The highest BCUT2D eigenvalue weighted by atomic mass is 31.2. The van der Waals surface area contributed by atoms with E-state index in [2.05, 4.69) is 5.32 Å². The molecule has 0 aliphatic heterocycles. The van der Waals surface area contributed by atoms with Gasteiger partial charge in [-0.05, 0) is 45.0 Å². The van der Waals surface area contributed by atoms with Crippen molar-refractivity contribution in [3.05, 3.63) is 54.0 Å². The third-order valence-corrected chi connectivity index (χ3v) is 5.35. The molecule has 5 nitrogen and oxygen atoms in total. The summed E-state index contributed by atoms with van der Waals surface area (Å²) in [5.74, 6) is -0.170. The fourth-order valence-corrected chi connectivity index (χ4v) is 3.97. The predicted octanol–water partition coefficient (Wildman–Crippen LogP) is 4.96. The minimum absolute atomic E-state index is 0.296. The summed E-state index contributed by atoms with van der Waals surface area (Å²) in [5, 5.41) is 3.21. The van der Waals surface area contributed by atoms with Crippen molar-refractivity contribution in [1.82, 2.24) is 0 Å². The smallest absolute Gasteiger partial charge is 0.360 e. The van der Waals surface area contributed by atoms with Gasteiger partial charge in [-0.25, -0.2) is 0 Å². The van der Waals surface area contributed by atoms with Crippen molar-refractivity contribution < 1.29 is 18.0 Å². The molecule has 22 heavy (non-hydrogen) atoms. The van der Waals surface area contributed by atoms with Crippen LogP contribution in [0.15, 0.2) is 47.1 Å². The monoisotopic (exact) mass is 323 g/mol. The Morgan fingerprint density at radius 1 is 1.14 bits per heavy atom. The van der Waals surface area contributed by atoms with E-state index < -0.39 is 13.4 Å². The van der Waals surface area contributed by atoms with Crippen LogP contribution in [0.5, 0.6) is 0 Å². The van der Waals surface area contributed by atoms with Crippen LogP contribution in [0.2, 0.25) is 0 Å². The molecule has 0 aliphatic carbocycles. The Hall–Kier alpha value is -1.55. The Bertz CT molecular complexity index is 600.